The maximum absolute atomic E-state index is 5.63. The summed E-state index contributed by atoms with van der Waals surface area (Å²) in [5.41, 5.74) is 8.21. The number of rotatable bonds is 5. The van der Waals surface area contributed by atoms with Gasteiger partial charge in [-0.05, 0) is 69.6 Å². The normalized spacial score (nSPS) is 17.4. The molecule has 0 unspecified atom stereocenters. The van der Waals surface area contributed by atoms with Gasteiger partial charge in [-0.1, -0.05) is 22.0 Å². The summed E-state index contributed by atoms with van der Waals surface area (Å²) in [4.78, 5) is 4.81. The molecule has 1 saturated heterocycles. The number of nitrogens with two attached hydrogens (primary N) is 1. The SMILES string of the molecule is CN1CCC(CN(C)c2ccc(CCN)c(Br)c2)CC1. The Balaban J connectivity index is 1.95. The van der Waals surface area contributed by atoms with Gasteiger partial charge in [0.05, 0.1) is 0 Å². The monoisotopic (exact) mass is 339 g/mol. The van der Waals surface area contributed by atoms with Crippen LogP contribution in [0, 0.1) is 5.92 Å². The standard InChI is InChI=1S/C16H26BrN3/c1-19-9-6-13(7-10-19)12-20(2)15-4-3-14(5-8-18)16(17)11-15/h3-4,11,13H,5-10,12,18H2,1-2H3. The van der Waals surface area contributed by atoms with E-state index in [9.17, 15) is 0 Å². The van der Waals surface area contributed by atoms with Crippen molar-refractivity contribution in [2.45, 2.75) is 19.3 Å². The van der Waals surface area contributed by atoms with Crippen molar-refractivity contribution in [2.75, 3.05) is 45.2 Å². The number of anilines is 1. The summed E-state index contributed by atoms with van der Waals surface area (Å²) in [6.07, 6.45) is 3.56. The van der Waals surface area contributed by atoms with Gasteiger partial charge < -0.3 is 15.5 Å². The molecule has 1 aromatic rings. The lowest BCUT2D eigenvalue weighted by Gasteiger charge is -2.32. The number of nitrogens with zero attached hydrogens (tertiary/aromatic N) is 2. The van der Waals surface area contributed by atoms with E-state index < -0.39 is 0 Å². The van der Waals surface area contributed by atoms with Crippen molar-refractivity contribution in [3.63, 3.8) is 0 Å². The summed E-state index contributed by atoms with van der Waals surface area (Å²) in [6.45, 7) is 4.31. The number of likely N-dealkylation sites (tertiary alicyclic amines) is 1. The lowest BCUT2D eigenvalue weighted by molar-refractivity contribution is 0.222. The first-order valence-electron chi connectivity index (χ1n) is 7.48. The lowest BCUT2D eigenvalue weighted by Crippen LogP contribution is -2.35. The molecule has 20 heavy (non-hydrogen) atoms. The first-order chi connectivity index (χ1) is 9.60. The van der Waals surface area contributed by atoms with Crippen molar-refractivity contribution < 1.29 is 0 Å². The number of piperidine rings is 1. The first kappa shape index (κ1) is 15.8. The van der Waals surface area contributed by atoms with Gasteiger partial charge in [0.1, 0.15) is 0 Å². The Morgan fingerprint density at radius 3 is 2.65 bits per heavy atom. The van der Waals surface area contributed by atoms with E-state index in [1.165, 1.54) is 41.7 Å². The van der Waals surface area contributed by atoms with Crippen LogP contribution in [0.1, 0.15) is 18.4 Å². The van der Waals surface area contributed by atoms with Crippen molar-refractivity contribution in [1.82, 2.24) is 4.90 Å². The highest BCUT2D eigenvalue weighted by Crippen LogP contribution is 2.26. The van der Waals surface area contributed by atoms with Crippen LogP contribution in [0.25, 0.3) is 0 Å². The number of benzene rings is 1. The van der Waals surface area contributed by atoms with Gasteiger partial charge in [-0.2, -0.15) is 0 Å². The fourth-order valence-corrected chi connectivity index (χ4v) is 3.43. The molecule has 4 heteroatoms. The summed E-state index contributed by atoms with van der Waals surface area (Å²) >= 11 is 3.66. The molecule has 0 aromatic heterocycles. The average molecular weight is 340 g/mol. The second-order valence-electron chi connectivity index (χ2n) is 5.94. The largest absolute Gasteiger partial charge is 0.374 e. The number of hydrogen-bond donors (Lipinski definition) is 1. The van der Waals surface area contributed by atoms with E-state index >= 15 is 0 Å². The van der Waals surface area contributed by atoms with Gasteiger partial charge in [-0.25, -0.2) is 0 Å². The van der Waals surface area contributed by atoms with Crippen molar-refractivity contribution in [2.24, 2.45) is 11.7 Å². The van der Waals surface area contributed by atoms with E-state index in [1.807, 2.05) is 0 Å². The summed E-state index contributed by atoms with van der Waals surface area (Å²) in [6, 6.07) is 6.63. The van der Waals surface area contributed by atoms with Gasteiger partial charge in [0.15, 0.2) is 0 Å². The molecule has 0 bridgehead atoms. The van der Waals surface area contributed by atoms with E-state index in [2.05, 4.69) is 58.0 Å². The van der Waals surface area contributed by atoms with Crippen LogP contribution in [0.4, 0.5) is 5.69 Å². The van der Waals surface area contributed by atoms with E-state index in [1.54, 1.807) is 0 Å². The van der Waals surface area contributed by atoms with Crippen LogP contribution in [0.5, 0.6) is 0 Å². The van der Waals surface area contributed by atoms with E-state index in [-0.39, 0.29) is 0 Å². The molecule has 1 aromatic carbocycles. The molecule has 0 spiro atoms. The summed E-state index contributed by atoms with van der Waals surface area (Å²) in [7, 11) is 4.41. The molecule has 2 rings (SSSR count). The van der Waals surface area contributed by atoms with E-state index in [0.717, 1.165) is 18.9 Å². The van der Waals surface area contributed by atoms with Gasteiger partial charge >= 0.3 is 0 Å². The molecule has 2 N–H and O–H groups in total. The number of halogens is 1. The zero-order valence-electron chi connectivity index (χ0n) is 12.6. The van der Waals surface area contributed by atoms with Gasteiger partial charge in [-0.3, -0.25) is 0 Å². The summed E-state index contributed by atoms with van der Waals surface area (Å²) in [5, 5.41) is 0. The molecular weight excluding hydrogens is 314 g/mol. The smallest absolute Gasteiger partial charge is 0.0375 e. The summed E-state index contributed by atoms with van der Waals surface area (Å²) in [5.74, 6) is 0.818. The Hall–Kier alpha value is -0.580. The van der Waals surface area contributed by atoms with Crippen LogP contribution in [-0.2, 0) is 6.42 Å². The molecule has 1 aliphatic heterocycles. The molecule has 0 atom stereocenters. The molecule has 1 aliphatic rings. The van der Waals surface area contributed by atoms with Crippen molar-refractivity contribution >= 4 is 21.6 Å². The second kappa shape index (κ2) is 7.43. The topological polar surface area (TPSA) is 32.5 Å². The van der Waals surface area contributed by atoms with Crippen LogP contribution in [0.2, 0.25) is 0 Å². The van der Waals surface area contributed by atoms with E-state index in [0.29, 0.717) is 6.54 Å². The Kier molecular flexibility index (Phi) is 5.87. The highest BCUT2D eigenvalue weighted by atomic mass is 79.9. The van der Waals surface area contributed by atoms with Gasteiger partial charge in [-0.15, -0.1) is 0 Å². The second-order valence-corrected chi connectivity index (χ2v) is 6.80. The molecule has 112 valence electrons. The number of hydrogen-bond acceptors (Lipinski definition) is 3. The van der Waals surface area contributed by atoms with Gasteiger partial charge in [0.25, 0.3) is 0 Å². The quantitative estimate of drug-likeness (QED) is 0.895. The Morgan fingerprint density at radius 1 is 1.35 bits per heavy atom. The molecule has 0 amide bonds. The third kappa shape index (κ3) is 4.21. The van der Waals surface area contributed by atoms with Crippen LogP contribution < -0.4 is 10.6 Å². The maximum atomic E-state index is 5.63. The third-order valence-electron chi connectivity index (χ3n) is 4.26. The predicted octanol–water partition coefficient (Wildman–Crippen LogP) is 2.73. The fourth-order valence-electron chi connectivity index (χ4n) is 2.87. The van der Waals surface area contributed by atoms with Crippen LogP contribution in [0.15, 0.2) is 22.7 Å². The molecule has 0 saturated carbocycles. The highest BCUT2D eigenvalue weighted by molar-refractivity contribution is 9.10. The maximum Gasteiger partial charge on any atom is 0.0375 e. The summed E-state index contributed by atoms with van der Waals surface area (Å²) < 4.78 is 1.18. The predicted molar refractivity (Wildman–Crippen MR) is 90.4 cm³/mol. The first-order valence-corrected chi connectivity index (χ1v) is 8.27. The van der Waals surface area contributed by atoms with Crippen molar-refractivity contribution in [3.8, 4) is 0 Å². The highest BCUT2D eigenvalue weighted by Gasteiger charge is 2.18. The van der Waals surface area contributed by atoms with Gasteiger partial charge in [0.2, 0.25) is 0 Å². The van der Waals surface area contributed by atoms with Crippen LogP contribution >= 0.6 is 15.9 Å². The molecule has 1 fully saturated rings. The minimum atomic E-state index is 0.698. The Labute approximate surface area is 131 Å². The van der Waals surface area contributed by atoms with Crippen molar-refractivity contribution in [1.29, 1.82) is 0 Å². The minimum absolute atomic E-state index is 0.698. The van der Waals surface area contributed by atoms with Gasteiger partial charge in [0, 0.05) is 23.8 Å². The van der Waals surface area contributed by atoms with Crippen LogP contribution in [-0.4, -0.2) is 45.2 Å². The molecule has 0 radical (unpaired) electrons. The zero-order chi connectivity index (χ0) is 14.5. The van der Waals surface area contributed by atoms with Crippen LogP contribution in [0.3, 0.4) is 0 Å². The molecule has 1 heterocycles. The lowest BCUT2D eigenvalue weighted by atomic mass is 9.96. The minimum Gasteiger partial charge on any atom is -0.374 e. The van der Waals surface area contributed by atoms with Crippen molar-refractivity contribution in [3.05, 3.63) is 28.2 Å². The Bertz CT molecular complexity index is 428. The molecular formula is C16H26BrN3. The fraction of sp³-hybridized carbons (Fsp3) is 0.625. The third-order valence-corrected chi connectivity index (χ3v) is 5.00. The Morgan fingerprint density at radius 2 is 2.05 bits per heavy atom. The molecule has 0 aliphatic carbocycles. The average Bonchev–Trinajstić information content (AvgIpc) is 2.44. The van der Waals surface area contributed by atoms with E-state index in [4.69, 9.17) is 5.73 Å². The molecule has 3 nitrogen and oxygen atoms in total. The zero-order valence-corrected chi connectivity index (χ0v) is 14.2.